The molecule has 2 aromatic rings. The fourth-order valence-electron chi connectivity index (χ4n) is 1.92. The number of nitrogens with zero attached hydrogens (tertiary/aromatic N) is 1. The predicted octanol–water partition coefficient (Wildman–Crippen LogP) is 2.68. The Kier molecular flexibility index (Phi) is 5.75. The Balaban J connectivity index is 2.02. The van der Waals surface area contributed by atoms with Gasteiger partial charge in [-0.3, -0.25) is 19.7 Å². The molecule has 0 saturated carbocycles. The lowest BCUT2D eigenvalue weighted by atomic mass is 10.2. The fraction of sp³-hybridized carbons (Fsp3) is 0.0625. The summed E-state index contributed by atoms with van der Waals surface area (Å²) in [6, 6.07) is 12.1. The monoisotopic (exact) mass is 358 g/mol. The van der Waals surface area contributed by atoms with Crippen molar-refractivity contribution in [2.24, 2.45) is 0 Å². The van der Waals surface area contributed by atoms with Crippen LogP contribution in [0.1, 0.15) is 17.3 Å². The lowest BCUT2D eigenvalue weighted by Crippen LogP contribution is -2.32. The van der Waals surface area contributed by atoms with Gasteiger partial charge in [-0.1, -0.05) is 6.07 Å². The number of carbonyl (C=O) groups excluding carboxylic acids is 2. The van der Waals surface area contributed by atoms with Crippen molar-refractivity contribution < 1.29 is 14.5 Å². The van der Waals surface area contributed by atoms with E-state index in [4.69, 9.17) is 12.2 Å². The summed E-state index contributed by atoms with van der Waals surface area (Å²) in [7, 11) is 0. The minimum Gasteiger partial charge on any atom is -0.332 e. The largest absolute Gasteiger partial charge is 0.332 e. The van der Waals surface area contributed by atoms with E-state index in [9.17, 15) is 19.7 Å². The van der Waals surface area contributed by atoms with Gasteiger partial charge in [0.1, 0.15) is 0 Å². The average molecular weight is 358 g/mol. The van der Waals surface area contributed by atoms with Crippen LogP contribution in [-0.2, 0) is 4.79 Å². The minimum atomic E-state index is -0.560. The molecular weight excluding hydrogens is 344 g/mol. The molecule has 0 spiro atoms. The van der Waals surface area contributed by atoms with E-state index >= 15 is 0 Å². The van der Waals surface area contributed by atoms with Crippen LogP contribution in [0.2, 0.25) is 0 Å². The molecule has 0 aliphatic rings. The highest BCUT2D eigenvalue weighted by Crippen LogP contribution is 2.17. The molecule has 0 aliphatic carbocycles. The van der Waals surface area contributed by atoms with Crippen molar-refractivity contribution in [3.05, 3.63) is 64.2 Å². The van der Waals surface area contributed by atoms with Crippen LogP contribution in [0.15, 0.2) is 48.5 Å². The SMILES string of the molecule is CC(=O)NC(=S)Nc1ccc(NC(=O)c2cccc([N+](=O)[O-])c2)cc1. The van der Waals surface area contributed by atoms with Crippen LogP contribution in [0, 0.1) is 10.1 Å². The first-order valence-electron chi connectivity index (χ1n) is 7.09. The summed E-state index contributed by atoms with van der Waals surface area (Å²) in [6.07, 6.45) is 0. The van der Waals surface area contributed by atoms with E-state index in [-0.39, 0.29) is 22.3 Å². The van der Waals surface area contributed by atoms with Crippen LogP contribution in [-0.4, -0.2) is 21.9 Å². The fourth-order valence-corrected chi connectivity index (χ4v) is 2.18. The number of rotatable bonds is 4. The third-order valence-electron chi connectivity index (χ3n) is 3.01. The van der Waals surface area contributed by atoms with E-state index in [0.29, 0.717) is 11.4 Å². The summed E-state index contributed by atoms with van der Waals surface area (Å²) in [6.45, 7) is 1.35. The van der Waals surface area contributed by atoms with Gasteiger partial charge in [0.25, 0.3) is 11.6 Å². The third-order valence-corrected chi connectivity index (χ3v) is 3.21. The van der Waals surface area contributed by atoms with Crippen molar-refractivity contribution in [1.29, 1.82) is 0 Å². The molecule has 2 amide bonds. The molecule has 0 saturated heterocycles. The van der Waals surface area contributed by atoms with Crippen LogP contribution >= 0.6 is 12.2 Å². The third kappa shape index (κ3) is 5.36. The molecule has 128 valence electrons. The van der Waals surface area contributed by atoms with Crippen molar-refractivity contribution in [2.45, 2.75) is 6.92 Å². The molecule has 8 nitrogen and oxygen atoms in total. The number of nitrogens with one attached hydrogen (secondary N) is 3. The van der Waals surface area contributed by atoms with Crippen molar-refractivity contribution >= 4 is 46.2 Å². The lowest BCUT2D eigenvalue weighted by Gasteiger charge is -2.09. The van der Waals surface area contributed by atoms with Gasteiger partial charge in [-0.2, -0.15) is 0 Å². The number of thiocarbonyl (C=S) groups is 1. The topological polar surface area (TPSA) is 113 Å². The van der Waals surface area contributed by atoms with E-state index in [1.165, 1.54) is 31.2 Å². The van der Waals surface area contributed by atoms with E-state index in [1.807, 2.05) is 0 Å². The average Bonchev–Trinajstić information content (AvgIpc) is 2.56. The van der Waals surface area contributed by atoms with Crippen molar-refractivity contribution in [3.63, 3.8) is 0 Å². The first kappa shape index (κ1) is 18.0. The molecule has 0 bridgehead atoms. The van der Waals surface area contributed by atoms with E-state index < -0.39 is 10.8 Å². The molecule has 0 heterocycles. The minimum absolute atomic E-state index is 0.154. The maximum Gasteiger partial charge on any atom is 0.270 e. The summed E-state index contributed by atoms with van der Waals surface area (Å²) < 4.78 is 0. The zero-order valence-electron chi connectivity index (χ0n) is 13.1. The summed E-state index contributed by atoms with van der Waals surface area (Å²) in [5.74, 6) is -0.739. The number of carbonyl (C=O) groups is 2. The van der Waals surface area contributed by atoms with Gasteiger partial charge < -0.3 is 16.0 Å². The Morgan fingerprint density at radius 2 is 1.64 bits per heavy atom. The molecule has 9 heteroatoms. The Hall–Kier alpha value is -3.33. The molecule has 2 rings (SSSR count). The van der Waals surface area contributed by atoms with Crippen molar-refractivity contribution in [3.8, 4) is 0 Å². The molecular formula is C16H14N4O4S. The Labute approximate surface area is 148 Å². The second-order valence-electron chi connectivity index (χ2n) is 4.97. The first-order chi connectivity index (χ1) is 11.8. The molecule has 0 atom stereocenters. The van der Waals surface area contributed by atoms with Gasteiger partial charge >= 0.3 is 0 Å². The number of amides is 2. The zero-order valence-corrected chi connectivity index (χ0v) is 13.9. The normalized spacial score (nSPS) is 9.80. The van der Waals surface area contributed by atoms with Gasteiger partial charge in [-0.05, 0) is 42.5 Å². The second-order valence-corrected chi connectivity index (χ2v) is 5.38. The number of nitro groups is 1. The summed E-state index contributed by atoms with van der Waals surface area (Å²) in [5, 5.41) is 18.8. The first-order valence-corrected chi connectivity index (χ1v) is 7.50. The highest BCUT2D eigenvalue weighted by Gasteiger charge is 2.11. The number of hydrogen-bond acceptors (Lipinski definition) is 5. The number of benzene rings is 2. The van der Waals surface area contributed by atoms with Crippen LogP contribution in [0.25, 0.3) is 0 Å². The maximum absolute atomic E-state index is 12.2. The molecule has 3 N–H and O–H groups in total. The second kappa shape index (κ2) is 7.97. The van der Waals surface area contributed by atoms with Gasteiger partial charge in [0, 0.05) is 36.0 Å². The van der Waals surface area contributed by atoms with E-state index in [2.05, 4.69) is 16.0 Å². The molecule has 0 unspecified atom stereocenters. The van der Waals surface area contributed by atoms with Gasteiger partial charge in [0.05, 0.1) is 4.92 Å². The maximum atomic E-state index is 12.2. The standard InChI is InChI=1S/C16H14N4O4S/c1-10(21)17-16(25)19-13-7-5-12(6-8-13)18-15(22)11-3-2-4-14(9-11)20(23)24/h2-9H,1H3,(H,18,22)(H2,17,19,21,25). The highest BCUT2D eigenvalue weighted by molar-refractivity contribution is 7.80. The van der Waals surface area contributed by atoms with Crippen molar-refractivity contribution in [1.82, 2.24) is 5.32 Å². The van der Waals surface area contributed by atoms with Gasteiger partial charge in [0.15, 0.2) is 5.11 Å². The van der Waals surface area contributed by atoms with Crippen LogP contribution in [0.4, 0.5) is 17.1 Å². The summed E-state index contributed by atoms with van der Waals surface area (Å²) >= 11 is 4.94. The summed E-state index contributed by atoms with van der Waals surface area (Å²) in [5.41, 5.74) is 1.17. The molecule has 0 fully saturated rings. The highest BCUT2D eigenvalue weighted by atomic mass is 32.1. The van der Waals surface area contributed by atoms with E-state index in [0.717, 1.165) is 0 Å². The molecule has 0 aromatic heterocycles. The molecule has 25 heavy (non-hydrogen) atoms. The van der Waals surface area contributed by atoms with Crippen LogP contribution in [0.5, 0.6) is 0 Å². The number of hydrogen-bond donors (Lipinski definition) is 3. The molecule has 2 aromatic carbocycles. The van der Waals surface area contributed by atoms with Crippen LogP contribution < -0.4 is 16.0 Å². The van der Waals surface area contributed by atoms with Gasteiger partial charge in [-0.25, -0.2) is 0 Å². The van der Waals surface area contributed by atoms with Crippen LogP contribution in [0.3, 0.4) is 0 Å². The Bertz CT molecular complexity index is 836. The van der Waals surface area contributed by atoms with Gasteiger partial charge in [0.2, 0.25) is 5.91 Å². The smallest absolute Gasteiger partial charge is 0.270 e. The quantitative estimate of drug-likeness (QED) is 0.440. The number of non-ortho nitro benzene ring substituents is 1. The predicted molar refractivity (Wildman–Crippen MR) is 97.5 cm³/mol. The Morgan fingerprint density at radius 1 is 1.04 bits per heavy atom. The summed E-state index contributed by atoms with van der Waals surface area (Å²) in [4.78, 5) is 33.2. The zero-order chi connectivity index (χ0) is 18.4. The lowest BCUT2D eigenvalue weighted by molar-refractivity contribution is -0.384. The number of anilines is 2. The molecule has 0 aliphatic heterocycles. The number of nitro benzene ring substituents is 1. The van der Waals surface area contributed by atoms with Crippen molar-refractivity contribution in [2.75, 3.05) is 10.6 Å². The Morgan fingerprint density at radius 3 is 2.20 bits per heavy atom. The van der Waals surface area contributed by atoms with E-state index in [1.54, 1.807) is 24.3 Å². The van der Waals surface area contributed by atoms with Gasteiger partial charge in [-0.15, -0.1) is 0 Å². The molecule has 0 radical (unpaired) electrons.